The monoisotopic (exact) mass is 346 g/mol. The lowest BCUT2D eigenvalue weighted by atomic mass is 9.93. The van der Waals surface area contributed by atoms with Crippen LogP contribution in [0.1, 0.15) is 47.0 Å². The Balaban J connectivity index is 3.33. The number of hydrogen-bond donors (Lipinski definition) is 0. The van der Waals surface area contributed by atoms with E-state index in [0.29, 0.717) is 12.8 Å². The highest BCUT2D eigenvalue weighted by atomic mass is 32.3. The lowest BCUT2D eigenvalue weighted by Crippen LogP contribution is -2.36. The minimum atomic E-state index is -3.91. The molecule has 4 nitrogen and oxygen atoms in total. The average Bonchev–Trinajstić information content (AvgIpc) is 2.42. The minimum absolute atomic E-state index is 0.0734. The zero-order valence-corrected chi connectivity index (χ0v) is 15.4. The summed E-state index contributed by atoms with van der Waals surface area (Å²) < 4.78 is 49.5. The molecule has 0 radical (unpaired) electrons. The van der Waals surface area contributed by atoms with Crippen LogP contribution in [0.5, 0.6) is 0 Å². The standard InChI is InChI=1S/C16H26O4S2/c1-5-6-12-21(17,18)15(13-16(2,3)4)22(19,20)14-10-8-7-9-11-14/h7-11,15H,5-6,12-13H2,1-4H3/t15-/m0/s1. The van der Waals surface area contributed by atoms with Crippen LogP contribution in [0.15, 0.2) is 35.2 Å². The lowest BCUT2D eigenvalue weighted by molar-refractivity contribution is 0.384. The summed E-state index contributed by atoms with van der Waals surface area (Å²) in [6.45, 7) is 7.46. The molecule has 22 heavy (non-hydrogen) atoms. The van der Waals surface area contributed by atoms with Gasteiger partial charge in [-0.05, 0) is 30.4 Å². The molecule has 1 rings (SSSR count). The Bertz CT molecular complexity index is 669. The molecular weight excluding hydrogens is 320 g/mol. The first-order valence-electron chi connectivity index (χ1n) is 7.51. The molecule has 0 amide bonds. The first-order chi connectivity index (χ1) is 10.0. The van der Waals surface area contributed by atoms with Gasteiger partial charge in [-0.1, -0.05) is 52.3 Å². The van der Waals surface area contributed by atoms with Crippen molar-refractivity contribution in [2.45, 2.75) is 56.4 Å². The predicted molar refractivity (Wildman–Crippen MR) is 90.2 cm³/mol. The van der Waals surface area contributed by atoms with Gasteiger partial charge in [0.2, 0.25) is 0 Å². The third kappa shape index (κ3) is 5.09. The number of hydrogen-bond acceptors (Lipinski definition) is 4. The molecule has 126 valence electrons. The second-order valence-corrected chi connectivity index (χ2v) is 11.5. The average molecular weight is 347 g/mol. The second kappa shape index (κ2) is 7.13. The van der Waals surface area contributed by atoms with Crippen molar-refractivity contribution in [3.63, 3.8) is 0 Å². The van der Waals surface area contributed by atoms with Crippen LogP contribution in [-0.4, -0.2) is 27.2 Å². The van der Waals surface area contributed by atoms with Crippen LogP contribution < -0.4 is 0 Å². The molecule has 0 unspecified atom stereocenters. The van der Waals surface area contributed by atoms with Gasteiger partial charge in [0.15, 0.2) is 24.3 Å². The summed E-state index contributed by atoms with van der Waals surface area (Å²) in [5.41, 5.74) is -0.397. The van der Waals surface area contributed by atoms with E-state index in [1.54, 1.807) is 18.2 Å². The zero-order valence-electron chi connectivity index (χ0n) is 13.7. The molecule has 0 N–H and O–H groups in total. The van der Waals surface area contributed by atoms with Crippen molar-refractivity contribution in [2.24, 2.45) is 5.41 Å². The van der Waals surface area contributed by atoms with Gasteiger partial charge in [-0.25, -0.2) is 16.8 Å². The van der Waals surface area contributed by atoms with E-state index >= 15 is 0 Å². The highest BCUT2D eigenvalue weighted by Crippen LogP contribution is 2.31. The van der Waals surface area contributed by atoms with Crippen molar-refractivity contribution in [2.75, 3.05) is 5.75 Å². The summed E-state index contributed by atoms with van der Waals surface area (Å²) in [6.07, 6.45) is 1.29. The number of benzene rings is 1. The highest BCUT2D eigenvalue weighted by molar-refractivity contribution is 8.09. The van der Waals surface area contributed by atoms with Crippen LogP contribution in [-0.2, 0) is 19.7 Å². The fourth-order valence-electron chi connectivity index (χ4n) is 2.17. The van der Waals surface area contributed by atoms with Gasteiger partial charge in [-0.3, -0.25) is 0 Å². The Hall–Kier alpha value is -0.880. The Labute approximate surface area is 134 Å². The Morgan fingerprint density at radius 2 is 1.55 bits per heavy atom. The molecule has 0 heterocycles. The SMILES string of the molecule is CCCCS(=O)(=O)[C@H](CC(C)(C)C)S(=O)(=O)c1ccccc1. The topological polar surface area (TPSA) is 68.3 Å². The van der Waals surface area contributed by atoms with Crippen molar-refractivity contribution in [3.8, 4) is 0 Å². The molecule has 1 aromatic rings. The summed E-state index contributed by atoms with van der Waals surface area (Å²) in [5.74, 6) is -0.0870. The van der Waals surface area contributed by atoms with E-state index < -0.39 is 29.7 Å². The molecule has 0 bridgehead atoms. The third-order valence-electron chi connectivity index (χ3n) is 3.38. The summed E-state index contributed by atoms with van der Waals surface area (Å²) in [5, 5.41) is 0. The second-order valence-electron chi connectivity index (χ2n) is 6.77. The van der Waals surface area contributed by atoms with E-state index in [1.807, 2.05) is 27.7 Å². The molecule has 0 aromatic heterocycles. The van der Waals surface area contributed by atoms with Crippen molar-refractivity contribution in [3.05, 3.63) is 30.3 Å². The molecular formula is C16H26O4S2. The molecule has 0 aliphatic carbocycles. The van der Waals surface area contributed by atoms with Crippen LogP contribution in [0.2, 0.25) is 0 Å². The maximum Gasteiger partial charge on any atom is 0.195 e. The molecule has 1 aromatic carbocycles. The fraction of sp³-hybridized carbons (Fsp3) is 0.625. The van der Waals surface area contributed by atoms with Gasteiger partial charge in [-0.15, -0.1) is 0 Å². The van der Waals surface area contributed by atoms with Gasteiger partial charge >= 0.3 is 0 Å². The maximum absolute atomic E-state index is 12.8. The van der Waals surface area contributed by atoms with Crippen molar-refractivity contribution >= 4 is 19.7 Å². The molecule has 1 atom stereocenters. The third-order valence-corrected chi connectivity index (χ3v) is 8.63. The largest absolute Gasteiger partial charge is 0.227 e. The van der Waals surface area contributed by atoms with Crippen molar-refractivity contribution in [1.82, 2.24) is 0 Å². The quantitative estimate of drug-likeness (QED) is 0.758. The first kappa shape index (κ1) is 19.2. The van der Waals surface area contributed by atoms with Gasteiger partial charge in [-0.2, -0.15) is 0 Å². The molecule has 0 aliphatic rings. The van der Waals surface area contributed by atoms with Crippen molar-refractivity contribution < 1.29 is 16.8 Å². The fourth-order valence-corrected chi connectivity index (χ4v) is 7.60. The van der Waals surface area contributed by atoms with Gasteiger partial charge in [0, 0.05) is 0 Å². The van der Waals surface area contributed by atoms with Gasteiger partial charge in [0.05, 0.1) is 10.6 Å². The Kier molecular flexibility index (Phi) is 6.21. The molecule has 0 aliphatic heterocycles. The van der Waals surface area contributed by atoms with Crippen LogP contribution in [0.3, 0.4) is 0 Å². The highest BCUT2D eigenvalue weighted by Gasteiger charge is 2.40. The molecule has 0 saturated carbocycles. The Morgan fingerprint density at radius 1 is 1.00 bits per heavy atom. The minimum Gasteiger partial charge on any atom is -0.227 e. The van der Waals surface area contributed by atoms with Crippen LogP contribution in [0.25, 0.3) is 0 Å². The predicted octanol–water partition coefficient (Wildman–Crippen LogP) is 3.44. The van der Waals surface area contributed by atoms with Gasteiger partial charge in [0.25, 0.3) is 0 Å². The van der Waals surface area contributed by atoms with E-state index in [2.05, 4.69) is 0 Å². The van der Waals surface area contributed by atoms with E-state index in [-0.39, 0.29) is 17.1 Å². The van der Waals surface area contributed by atoms with Crippen LogP contribution in [0, 0.1) is 5.41 Å². The van der Waals surface area contributed by atoms with Gasteiger partial charge < -0.3 is 0 Å². The van der Waals surface area contributed by atoms with Crippen LogP contribution >= 0.6 is 0 Å². The summed E-state index contributed by atoms with van der Waals surface area (Å²) in [7, 11) is -7.62. The van der Waals surface area contributed by atoms with E-state index in [1.165, 1.54) is 12.1 Å². The number of unbranched alkanes of at least 4 members (excludes halogenated alkanes) is 1. The molecule has 0 fully saturated rings. The Morgan fingerprint density at radius 3 is 2.00 bits per heavy atom. The van der Waals surface area contributed by atoms with Crippen LogP contribution in [0.4, 0.5) is 0 Å². The smallest absolute Gasteiger partial charge is 0.195 e. The number of rotatable bonds is 7. The first-order valence-corrected chi connectivity index (χ1v) is 10.8. The van der Waals surface area contributed by atoms with Gasteiger partial charge in [0.1, 0.15) is 0 Å². The number of sulfone groups is 2. The molecule has 0 spiro atoms. The summed E-state index contributed by atoms with van der Waals surface area (Å²) >= 11 is 0. The molecule has 0 saturated heterocycles. The van der Waals surface area contributed by atoms with Crippen molar-refractivity contribution in [1.29, 1.82) is 0 Å². The van der Waals surface area contributed by atoms with E-state index in [4.69, 9.17) is 0 Å². The summed E-state index contributed by atoms with van der Waals surface area (Å²) in [6, 6.07) is 7.85. The lowest BCUT2D eigenvalue weighted by Gasteiger charge is -2.26. The van der Waals surface area contributed by atoms with E-state index in [0.717, 1.165) is 0 Å². The summed E-state index contributed by atoms with van der Waals surface area (Å²) in [4.78, 5) is 0.0734. The van der Waals surface area contributed by atoms with E-state index in [9.17, 15) is 16.8 Å². The maximum atomic E-state index is 12.8. The zero-order chi connectivity index (χ0) is 17.0. The molecule has 6 heteroatoms. The normalized spacial score (nSPS) is 14.7.